The first-order valence-electron chi connectivity index (χ1n) is 1.64. The van der Waals surface area contributed by atoms with Crippen molar-refractivity contribution in [3.63, 3.8) is 0 Å². The quantitative estimate of drug-likeness (QED) is 0.340. The third kappa shape index (κ3) is 10.7. The Morgan fingerprint density at radius 2 is 2.29 bits per heavy atom. The molecule has 0 aliphatic heterocycles. The molecule has 0 radical (unpaired) electrons. The molecule has 0 saturated carbocycles. The summed E-state index contributed by atoms with van der Waals surface area (Å²) in [6.45, 7) is 4.66. The van der Waals surface area contributed by atoms with Gasteiger partial charge in [-0.05, 0) is 6.92 Å². The molecule has 0 rings (SSSR count). The first-order chi connectivity index (χ1) is 2.77. The Kier molecular flexibility index (Phi) is 8.33. The fraction of sp³-hybridized carbons (Fsp3) is 0.200. The topological polar surface area (TPSA) is 17.1 Å². The first-order valence-corrected chi connectivity index (χ1v) is 1.64. The van der Waals surface area contributed by atoms with Crippen LogP contribution in [0.15, 0.2) is 18.4 Å². The van der Waals surface area contributed by atoms with E-state index in [0.29, 0.717) is 0 Å². The van der Waals surface area contributed by atoms with Crippen molar-refractivity contribution in [2.75, 3.05) is 0 Å². The number of allylic oxidation sites excluding steroid dienone is 1. The zero-order valence-electron chi connectivity index (χ0n) is 4.01. The molecule has 0 aromatic rings. The van der Waals surface area contributed by atoms with Crippen molar-refractivity contribution in [2.45, 2.75) is 6.92 Å². The summed E-state index contributed by atoms with van der Waals surface area (Å²) < 4.78 is 0. The minimum atomic E-state index is -0.00926. The zero-order valence-corrected chi connectivity index (χ0v) is 5.56. The summed E-state index contributed by atoms with van der Waals surface area (Å²) in [6.07, 6.45) is 1.29. The van der Waals surface area contributed by atoms with E-state index in [0.717, 1.165) is 0 Å². The van der Waals surface area contributed by atoms with Gasteiger partial charge < -0.3 is 0 Å². The minimum absolute atomic E-state index is 0. The van der Waals surface area contributed by atoms with Gasteiger partial charge >= 0.3 is 0 Å². The largest absolute Gasteiger partial charge is 0.294 e. The Morgan fingerprint density at radius 3 is 2.29 bits per heavy atom. The monoisotopic (exact) mass is 188 g/mol. The van der Waals surface area contributed by atoms with Gasteiger partial charge in [0.2, 0.25) is 0 Å². The average Bonchev–Trinajstić information content (AvgIpc) is 1.35. The number of carbonyl (C=O) groups is 1. The second-order valence-electron chi connectivity index (χ2n) is 0.959. The van der Waals surface area contributed by atoms with Gasteiger partial charge in [-0.25, -0.2) is 0 Å². The Balaban J connectivity index is 0. The number of rotatable bonds is 1. The standard InChI is InChI=1S/C5H6O.Pd/c1-3-4-5(2)6;/h4H,1H2,2H3;. The third-order valence-electron chi connectivity index (χ3n) is 0.305. The predicted molar refractivity (Wildman–Crippen MR) is 24.4 cm³/mol. The minimum Gasteiger partial charge on any atom is -0.294 e. The van der Waals surface area contributed by atoms with Gasteiger partial charge in [-0.1, -0.05) is 6.58 Å². The molecule has 2 heteroatoms. The molecule has 0 N–H and O–H groups in total. The van der Waals surface area contributed by atoms with Crippen molar-refractivity contribution in [3.05, 3.63) is 18.4 Å². The van der Waals surface area contributed by atoms with Crippen LogP contribution in [0.4, 0.5) is 0 Å². The van der Waals surface area contributed by atoms with E-state index >= 15 is 0 Å². The molecule has 0 aromatic heterocycles. The molecule has 0 bridgehead atoms. The molecule has 0 atom stereocenters. The number of hydrogen-bond acceptors (Lipinski definition) is 1. The molecule has 0 amide bonds. The zero-order chi connectivity index (χ0) is 4.99. The van der Waals surface area contributed by atoms with Crippen LogP contribution >= 0.6 is 0 Å². The summed E-state index contributed by atoms with van der Waals surface area (Å²) in [5.41, 5.74) is 2.34. The van der Waals surface area contributed by atoms with Crippen LogP contribution in [0, 0.1) is 0 Å². The van der Waals surface area contributed by atoms with Crippen LogP contribution in [0.3, 0.4) is 0 Å². The van der Waals surface area contributed by atoms with E-state index in [-0.39, 0.29) is 26.2 Å². The van der Waals surface area contributed by atoms with Gasteiger partial charge in [-0.2, -0.15) is 0 Å². The predicted octanol–water partition coefficient (Wildman–Crippen LogP) is 0.914. The molecule has 0 fully saturated rings. The Labute approximate surface area is 56.8 Å². The molecule has 0 heterocycles. The van der Waals surface area contributed by atoms with E-state index in [1.54, 1.807) is 0 Å². The Bertz CT molecular complexity index is 101. The van der Waals surface area contributed by atoms with Crippen LogP contribution in [0.2, 0.25) is 0 Å². The van der Waals surface area contributed by atoms with Crippen LogP contribution in [0.25, 0.3) is 0 Å². The van der Waals surface area contributed by atoms with Gasteiger partial charge in [0, 0.05) is 26.5 Å². The maximum absolute atomic E-state index is 9.89. The molecule has 42 valence electrons. The summed E-state index contributed by atoms with van der Waals surface area (Å²) in [7, 11) is 0. The number of hydrogen-bond donors (Lipinski definition) is 0. The summed E-state index contributed by atoms with van der Waals surface area (Å²) >= 11 is 0. The molecular weight excluding hydrogens is 182 g/mol. The number of ketones is 1. The van der Waals surface area contributed by atoms with Gasteiger partial charge in [-0.15, -0.1) is 5.73 Å². The van der Waals surface area contributed by atoms with Gasteiger partial charge in [0.15, 0.2) is 5.78 Å². The molecule has 0 aliphatic rings. The fourth-order valence-electron chi connectivity index (χ4n) is 0.144. The van der Waals surface area contributed by atoms with Crippen LogP contribution < -0.4 is 0 Å². The van der Waals surface area contributed by atoms with E-state index in [1.807, 2.05) is 0 Å². The van der Waals surface area contributed by atoms with Crippen LogP contribution in [0.5, 0.6) is 0 Å². The van der Waals surface area contributed by atoms with Gasteiger partial charge in [-0.3, -0.25) is 4.79 Å². The average molecular weight is 189 g/mol. The maximum Gasteiger partial charge on any atom is 0.160 e. The summed E-state index contributed by atoms with van der Waals surface area (Å²) in [5.74, 6) is -0.00926. The van der Waals surface area contributed by atoms with Gasteiger partial charge in [0.25, 0.3) is 0 Å². The second-order valence-corrected chi connectivity index (χ2v) is 0.959. The number of carbonyl (C=O) groups excluding carboxylic acids is 1. The first kappa shape index (κ1) is 9.97. The SMILES string of the molecule is C=C=CC(C)=O.[Pd]. The van der Waals surface area contributed by atoms with Gasteiger partial charge in [0.05, 0.1) is 0 Å². The summed E-state index contributed by atoms with van der Waals surface area (Å²) in [5, 5.41) is 0. The normalized spacial score (nSPS) is 5.29. The molecule has 0 aromatic carbocycles. The molecule has 0 saturated heterocycles. The summed E-state index contributed by atoms with van der Waals surface area (Å²) in [6, 6.07) is 0. The molecule has 0 spiro atoms. The van der Waals surface area contributed by atoms with Crippen molar-refractivity contribution in [2.24, 2.45) is 0 Å². The van der Waals surface area contributed by atoms with Crippen LogP contribution in [-0.4, -0.2) is 5.78 Å². The van der Waals surface area contributed by atoms with Crippen LogP contribution in [-0.2, 0) is 25.2 Å². The molecular formula is C5H6OPd. The second kappa shape index (κ2) is 5.85. The molecule has 0 aliphatic carbocycles. The van der Waals surface area contributed by atoms with Crippen molar-refractivity contribution < 1.29 is 25.2 Å². The van der Waals surface area contributed by atoms with E-state index in [9.17, 15) is 4.79 Å². The van der Waals surface area contributed by atoms with Crippen molar-refractivity contribution >= 4 is 5.78 Å². The van der Waals surface area contributed by atoms with Gasteiger partial charge in [0.1, 0.15) is 0 Å². The van der Waals surface area contributed by atoms with E-state index in [4.69, 9.17) is 0 Å². The van der Waals surface area contributed by atoms with Crippen molar-refractivity contribution in [3.8, 4) is 0 Å². The molecule has 7 heavy (non-hydrogen) atoms. The summed E-state index contributed by atoms with van der Waals surface area (Å²) in [4.78, 5) is 9.89. The van der Waals surface area contributed by atoms with E-state index in [2.05, 4.69) is 12.3 Å². The van der Waals surface area contributed by atoms with Crippen LogP contribution in [0.1, 0.15) is 6.92 Å². The third-order valence-corrected chi connectivity index (χ3v) is 0.305. The van der Waals surface area contributed by atoms with Crippen molar-refractivity contribution in [1.29, 1.82) is 0 Å². The molecule has 1 nitrogen and oxygen atoms in total. The smallest absolute Gasteiger partial charge is 0.160 e. The maximum atomic E-state index is 9.89. The Hall–Kier alpha value is -0.148. The van der Waals surface area contributed by atoms with E-state index in [1.165, 1.54) is 13.0 Å². The van der Waals surface area contributed by atoms with Crippen molar-refractivity contribution in [1.82, 2.24) is 0 Å². The Morgan fingerprint density at radius 1 is 1.86 bits per heavy atom. The molecule has 0 unspecified atom stereocenters. The van der Waals surface area contributed by atoms with E-state index < -0.39 is 0 Å². The fourth-order valence-corrected chi connectivity index (χ4v) is 0.144.